The molecular weight excluding hydrogens is 390 g/mol. The zero-order valence-corrected chi connectivity index (χ0v) is 18.2. The third kappa shape index (κ3) is 6.52. The van der Waals surface area contributed by atoms with Crippen molar-refractivity contribution in [3.8, 4) is 0 Å². The van der Waals surface area contributed by atoms with Gasteiger partial charge in [-0.25, -0.2) is 4.90 Å². The molecule has 1 aliphatic carbocycles. The molecule has 2 amide bonds. The van der Waals surface area contributed by atoms with Crippen molar-refractivity contribution in [3.63, 3.8) is 0 Å². The van der Waals surface area contributed by atoms with Crippen LogP contribution in [0, 0.1) is 11.8 Å². The lowest BCUT2D eigenvalue weighted by atomic mass is 9.84. The predicted molar refractivity (Wildman–Crippen MR) is 110 cm³/mol. The number of amides is 2. The number of nitrogens with zero attached hydrogens (tertiary/aromatic N) is 2. The molecule has 0 aromatic carbocycles. The second-order valence-electron chi connectivity index (χ2n) is 8.20. The number of hydrogen-bond donors (Lipinski definition) is 2. The van der Waals surface area contributed by atoms with E-state index in [1.165, 1.54) is 18.7 Å². The first-order valence-corrected chi connectivity index (χ1v) is 10.7. The minimum absolute atomic E-state index is 0.0456. The molecule has 4 atom stereocenters. The largest absolute Gasteiger partial charge is 0.443 e. The van der Waals surface area contributed by atoms with Crippen LogP contribution in [0.2, 0.25) is 0 Å². The van der Waals surface area contributed by atoms with Gasteiger partial charge in [0, 0.05) is 25.2 Å². The first-order valence-electron chi connectivity index (χ1n) is 10.7. The summed E-state index contributed by atoms with van der Waals surface area (Å²) in [5.74, 6) is -0.643. The number of rotatable bonds is 10. The molecule has 1 saturated heterocycles. The van der Waals surface area contributed by atoms with E-state index in [9.17, 15) is 19.5 Å². The Labute approximate surface area is 178 Å². The number of aliphatic hydroxyl groups excluding tert-OH is 1. The smallest absolute Gasteiger partial charge is 0.325 e. The average molecular weight is 426 g/mol. The van der Waals surface area contributed by atoms with E-state index in [0.29, 0.717) is 6.41 Å². The van der Waals surface area contributed by atoms with Crippen LogP contribution in [0.25, 0.3) is 0 Å². The minimum atomic E-state index is -0.590. The summed E-state index contributed by atoms with van der Waals surface area (Å²) < 4.78 is 11.0. The molecule has 0 radical (unpaired) electrons. The van der Waals surface area contributed by atoms with Gasteiger partial charge in [-0.1, -0.05) is 26.2 Å². The molecule has 0 aromatic heterocycles. The first-order chi connectivity index (χ1) is 14.4. The molecule has 1 aliphatic heterocycles. The number of likely N-dealkylation sites (N-methyl/N-ethyl adjacent to an activating group) is 1. The van der Waals surface area contributed by atoms with Gasteiger partial charge in [0.2, 0.25) is 6.41 Å². The summed E-state index contributed by atoms with van der Waals surface area (Å²) in [5, 5.41) is 12.3. The molecule has 2 rings (SSSR count). The van der Waals surface area contributed by atoms with E-state index in [4.69, 9.17) is 9.47 Å². The van der Waals surface area contributed by atoms with Gasteiger partial charge in [-0.05, 0) is 32.2 Å². The van der Waals surface area contributed by atoms with Crippen LogP contribution in [0.15, 0.2) is 12.3 Å². The monoisotopic (exact) mass is 425 g/mol. The molecular formula is C21H35N3O6. The molecule has 2 aliphatic rings. The molecule has 9 heteroatoms. The summed E-state index contributed by atoms with van der Waals surface area (Å²) in [5.41, 5.74) is 0. The maximum Gasteiger partial charge on any atom is 0.325 e. The number of imide groups is 1. The van der Waals surface area contributed by atoms with E-state index in [-0.39, 0.29) is 30.8 Å². The Morgan fingerprint density at radius 2 is 2.00 bits per heavy atom. The summed E-state index contributed by atoms with van der Waals surface area (Å²) in [7, 11) is 3.48. The lowest BCUT2D eigenvalue weighted by Crippen LogP contribution is -2.44. The number of nitrogens with one attached hydrogen (secondary N) is 1. The van der Waals surface area contributed by atoms with Gasteiger partial charge in [0.15, 0.2) is 6.73 Å². The molecule has 0 aromatic rings. The molecule has 4 unspecified atom stereocenters. The Balaban J connectivity index is 1.85. The molecule has 2 N–H and O–H groups in total. The number of ether oxygens (including phenoxy) is 2. The zero-order valence-electron chi connectivity index (χ0n) is 18.2. The summed E-state index contributed by atoms with van der Waals surface area (Å²) in [6.45, 7) is 1.54. The van der Waals surface area contributed by atoms with Crippen molar-refractivity contribution >= 4 is 18.3 Å². The van der Waals surface area contributed by atoms with Gasteiger partial charge in [0.1, 0.15) is 12.3 Å². The number of carbonyl (C=O) groups is 3. The highest BCUT2D eigenvalue weighted by Gasteiger charge is 2.33. The van der Waals surface area contributed by atoms with E-state index in [1.807, 2.05) is 6.92 Å². The summed E-state index contributed by atoms with van der Waals surface area (Å²) in [6.07, 6.45) is 8.67. The predicted octanol–water partition coefficient (Wildman–Crippen LogP) is 0.829. The van der Waals surface area contributed by atoms with Crippen molar-refractivity contribution in [2.24, 2.45) is 11.8 Å². The fraction of sp³-hybridized carbons (Fsp3) is 0.762. The molecule has 2 fully saturated rings. The maximum absolute atomic E-state index is 12.5. The molecule has 0 spiro atoms. The molecule has 170 valence electrons. The normalized spacial score (nSPS) is 25.8. The SMILES string of the molecule is CNC(C(=O)OCN(C=O)C(=O)/C=C\N(C)C1OC(CO)CC1C)C1CCCCC1. The highest BCUT2D eigenvalue weighted by atomic mass is 16.5. The summed E-state index contributed by atoms with van der Waals surface area (Å²) in [4.78, 5) is 38.7. The van der Waals surface area contributed by atoms with Gasteiger partial charge < -0.3 is 24.8 Å². The number of esters is 1. The molecule has 1 saturated carbocycles. The van der Waals surface area contributed by atoms with E-state index in [0.717, 1.165) is 37.0 Å². The first kappa shape index (κ1) is 24.3. The number of aliphatic hydroxyl groups is 1. The van der Waals surface area contributed by atoms with E-state index < -0.39 is 24.6 Å². The van der Waals surface area contributed by atoms with Crippen LogP contribution < -0.4 is 5.32 Å². The van der Waals surface area contributed by atoms with E-state index in [1.54, 1.807) is 19.0 Å². The highest BCUT2D eigenvalue weighted by Crippen LogP contribution is 2.28. The Bertz CT molecular complexity index is 608. The van der Waals surface area contributed by atoms with Gasteiger partial charge in [0.05, 0.1) is 12.7 Å². The lowest BCUT2D eigenvalue weighted by molar-refractivity contribution is -0.156. The zero-order chi connectivity index (χ0) is 22.1. The standard InChI is InChI=1S/C21H35N3O6/c1-15-11-17(12-25)30-20(15)23(3)10-9-18(27)24(13-26)14-29-21(28)19(22-2)16-7-5-4-6-8-16/h9-10,13,15-17,19-20,22,25H,4-8,11-12,14H2,1-3H3/b10-9-. The van der Waals surface area contributed by atoms with Gasteiger partial charge in [0.25, 0.3) is 5.91 Å². The van der Waals surface area contributed by atoms with E-state index in [2.05, 4.69) is 5.32 Å². The van der Waals surface area contributed by atoms with Crippen molar-refractivity contribution in [1.29, 1.82) is 0 Å². The van der Waals surface area contributed by atoms with Crippen LogP contribution in [0.1, 0.15) is 45.4 Å². The van der Waals surface area contributed by atoms with Crippen LogP contribution >= 0.6 is 0 Å². The molecule has 0 bridgehead atoms. The summed E-state index contributed by atoms with van der Waals surface area (Å²) >= 11 is 0. The van der Waals surface area contributed by atoms with Crippen molar-refractivity contribution in [1.82, 2.24) is 15.1 Å². The fourth-order valence-electron chi connectivity index (χ4n) is 4.28. The second kappa shape index (κ2) is 12.0. The number of carbonyl (C=O) groups excluding carboxylic acids is 3. The van der Waals surface area contributed by atoms with Crippen LogP contribution in [-0.4, -0.2) is 79.0 Å². The van der Waals surface area contributed by atoms with Gasteiger partial charge in [-0.15, -0.1) is 0 Å². The maximum atomic E-state index is 12.5. The quantitative estimate of drug-likeness (QED) is 0.229. The van der Waals surface area contributed by atoms with Crippen molar-refractivity contribution in [2.75, 3.05) is 27.4 Å². The van der Waals surface area contributed by atoms with Gasteiger partial charge in [-0.2, -0.15) is 0 Å². The van der Waals surface area contributed by atoms with Gasteiger partial charge in [-0.3, -0.25) is 14.4 Å². The third-order valence-corrected chi connectivity index (χ3v) is 5.95. The number of hydrogen-bond acceptors (Lipinski definition) is 8. The molecule has 1 heterocycles. The van der Waals surface area contributed by atoms with Crippen LogP contribution in [0.3, 0.4) is 0 Å². The van der Waals surface area contributed by atoms with Crippen molar-refractivity contribution in [3.05, 3.63) is 12.3 Å². The fourth-order valence-corrected chi connectivity index (χ4v) is 4.28. The highest BCUT2D eigenvalue weighted by molar-refractivity contribution is 5.94. The van der Waals surface area contributed by atoms with Gasteiger partial charge >= 0.3 is 5.97 Å². The van der Waals surface area contributed by atoms with Crippen molar-refractivity contribution in [2.45, 2.75) is 63.8 Å². The minimum Gasteiger partial charge on any atom is -0.443 e. The summed E-state index contributed by atoms with van der Waals surface area (Å²) in [6, 6.07) is -0.434. The molecule has 30 heavy (non-hydrogen) atoms. The second-order valence-corrected chi connectivity index (χ2v) is 8.20. The third-order valence-electron chi connectivity index (χ3n) is 5.95. The van der Waals surface area contributed by atoms with Crippen molar-refractivity contribution < 1.29 is 29.0 Å². The Hall–Kier alpha value is -1.97. The Kier molecular flexibility index (Phi) is 9.74. The topological polar surface area (TPSA) is 108 Å². The Morgan fingerprint density at radius 3 is 2.57 bits per heavy atom. The van der Waals surface area contributed by atoms with E-state index >= 15 is 0 Å². The Morgan fingerprint density at radius 1 is 1.30 bits per heavy atom. The van der Waals surface area contributed by atoms with Crippen LogP contribution in [0.4, 0.5) is 0 Å². The van der Waals surface area contributed by atoms with Crippen LogP contribution in [0.5, 0.6) is 0 Å². The average Bonchev–Trinajstić information content (AvgIpc) is 3.14. The lowest BCUT2D eigenvalue weighted by Gasteiger charge is -2.28. The molecule has 9 nitrogen and oxygen atoms in total. The van der Waals surface area contributed by atoms with Crippen LogP contribution in [-0.2, 0) is 23.9 Å².